The maximum absolute atomic E-state index is 13.5. The molecule has 0 aromatic heterocycles. The Balaban J connectivity index is 1.47. The molecule has 0 spiro atoms. The van der Waals surface area contributed by atoms with Crippen LogP contribution in [-0.4, -0.2) is 17.8 Å². The van der Waals surface area contributed by atoms with Crippen LogP contribution in [0, 0.1) is 13.8 Å². The van der Waals surface area contributed by atoms with Gasteiger partial charge in [-0.3, -0.25) is 9.59 Å². The number of ether oxygens (including phenoxy) is 1. The molecule has 1 aliphatic heterocycles. The number of carbonyl (C=O) groups excluding carboxylic acids is 3. The van der Waals surface area contributed by atoms with E-state index < -0.39 is 17.8 Å². The molecule has 0 bridgehead atoms. The summed E-state index contributed by atoms with van der Waals surface area (Å²) in [7, 11) is 0. The first-order chi connectivity index (χ1) is 18.8. The highest BCUT2D eigenvalue weighted by molar-refractivity contribution is 9.10. The minimum absolute atomic E-state index is 0.127. The lowest BCUT2D eigenvalue weighted by molar-refractivity contribution is -0.121. The lowest BCUT2D eigenvalue weighted by Crippen LogP contribution is -2.57. The number of rotatable bonds is 6. The first-order valence-electron chi connectivity index (χ1n) is 12.4. The number of hydrogen-bond donors (Lipinski definition) is 0. The van der Waals surface area contributed by atoms with Gasteiger partial charge in [-0.1, -0.05) is 71.8 Å². The molecule has 0 saturated carbocycles. The predicted molar refractivity (Wildman–Crippen MR) is 156 cm³/mol. The Morgan fingerprint density at radius 2 is 1.26 bits per heavy atom. The van der Waals surface area contributed by atoms with Crippen LogP contribution in [0.3, 0.4) is 0 Å². The molecule has 5 rings (SSSR count). The largest absolute Gasteiger partial charge is 0.488 e. The van der Waals surface area contributed by atoms with Gasteiger partial charge in [0.25, 0.3) is 11.8 Å². The van der Waals surface area contributed by atoms with Crippen molar-refractivity contribution in [1.29, 1.82) is 0 Å². The molecule has 4 aromatic rings. The number of hydrogen-bond acceptors (Lipinski definition) is 4. The van der Waals surface area contributed by atoms with Crippen LogP contribution >= 0.6 is 15.9 Å². The Morgan fingerprint density at radius 3 is 1.77 bits per heavy atom. The summed E-state index contributed by atoms with van der Waals surface area (Å²) in [4.78, 5) is 42.6. The average molecular weight is 581 g/mol. The second-order valence-corrected chi connectivity index (χ2v) is 10.1. The lowest BCUT2D eigenvalue weighted by atomic mass is 10.0. The van der Waals surface area contributed by atoms with Gasteiger partial charge in [-0.05, 0) is 83.4 Å². The van der Waals surface area contributed by atoms with Gasteiger partial charge < -0.3 is 4.74 Å². The average Bonchev–Trinajstić information content (AvgIpc) is 2.91. The highest BCUT2D eigenvalue weighted by Gasteiger charge is 2.43. The Kier molecular flexibility index (Phi) is 7.43. The summed E-state index contributed by atoms with van der Waals surface area (Å²) in [6.45, 7) is 4.50. The Bertz CT molecular complexity index is 1520. The molecule has 1 aliphatic rings. The standard InChI is InChI=1S/C32H25BrN2O4/c1-21-15-22(2)17-24(16-21)20-39-29-14-13-23(19-28(29)33)18-27-30(36)34(25-9-5-3-6-10-25)32(38)35(31(27)37)26-11-7-4-8-12-26/h3-19H,20H2,1-2H3. The molecule has 0 aliphatic carbocycles. The molecule has 194 valence electrons. The number of benzene rings is 4. The molecular weight excluding hydrogens is 556 g/mol. The van der Waals surface area contributed by atoms with Crippen molar-refractivity contribution in [2.24, 2.45) is 0 Å². The van der Waals surface area contributed by atoms with Crippen molar-refractivity contribution < 1.29 is 19.1 Å². The molecule has 0 unspecified atom stereocenters. The Labute approximate surface area is 235 Å². The fourth-order valence-electron chi connectivity index (χ4n) is 4.54. The minimum Gasteiger partial charge on any atom is -0.488 e. The van der Waals surface area contributed by atoms with E-state index in [0.717, 1.165) is 15.4 Å². The van der Waals surface area contributed by atoms with E-state index in [2.05, 4.69) is 34.1 Å². The maximum Gasteiger partial charge on any atom is 0.343 e. The summed E-state index contributed by atoms with van der Waals surface area (Å²) in [5, 5.41) is 0. The van der Waals surface area contributed by atoms with E-state index in [0.29, 0.717) is 33.8 Å². The van der Waals surface area contributed by atoms with Gasteiger partial charge in [-0.15, -0.1) is 0 Å². The summed E-state index contributed by atoms with van der Waals surface area (Å²) in [5.41, 5.74) is 4.64. The second kappa shape index (κ2) is 11.1. The summed E-state index contributed by atoms with van der Waals surface area (Å²) in [5.74, 6) is -0.742. The normalized spacial score (nSPS) is 13.6. The van der Waals surface area contributed by atoms with Crippen molar-refractivity contribution in [3.63, 3.8) is 0 Å². The van der Waals surface area contributed by atoms with Gasteiger partial charge in [-0.2, -0.15) is 0 Å². The third kappa shape index (κ3) is 5.54. The smallest absolute Gasteiger partial charge is 0.343 e. The number of urea groups is 1. The molecule has 0 atom stereocenters. The topological polar surface area (TPSA) is 66.9 Å². The third-order valence-electron chi connectivity index (χ3n) is 6.22. The van der Waals surface area contributed by atoms with E-state index in [1.807, 2.05) is 13.8 Å². The Morgan fingerprint density at radius 1 is 0.718 bits per heavy atom. The molecule has 1 fully saturated rings. The molecule has 0 radical (unpaired) electrons. The molecule has 0 N–H and O–H groups in total. The first-order valence-corrected chi connectivity index (χ1v) is 13.2. The van der Waals surface area contributed by atoms with Crippen molar-refractivity contribution in [3.8, 4) is 5.75 Å². The number of nitrogens with zero attached hydrogens (tertiary/aromatic N) is 2. The molecule has 4 amide bonds. The number of carbonyl (C=O) groups is 3. The maximum atomic E-state index is 13.5. The van der Waals surface area contributed by atoms with Crippen molar-refractivity contribution in [2.45, 2.75) is 20.5 Å². The van der Waals surface area contributed by atoms with Gasteiger partial charge in [0, 0.05) is 0 Å². The lowest BCUT2D eigenvalue weighted by Gasteiger charge is -2.33. The van der Waals surface area contributed by atoms with E-state index in [9.17, 15) is 14.4 Å². The summed E-state index contributed by atoms with van der Waals surface area (Å²) >= 11 is 3.55. The fraction of sp³-hybridized carbons (Fsp3) is 0.0938. The molecule has 4 aromatic carbocycles. The van der Waals surface area contributed by atoms with Crippen LogP contribution in [0.4, 0.5) is 16.2 Å². The van der Waals surface area contributed by atoms with Gasteiger partial charge in [0.1, 0.15) is 17.9 Å². The molecule has 7 heteroatoms. The van der Waals surface area contributed by atoms with Crippen molar-refractivity contribution >= 4 is 51.2 Å². The zero-order valence-electron chi connectivity index (χ0n) is 21.4. The van der Waals surface area contributed by atoms with E-state index in [1.165, 1.54) is 17.2 Å². The van der Waals surface area contributed by atoms with Gasteiger partial charge in [0.05, 0.1) is 15.8 Å². The van der Waals surface area contributed by atoms with Gasteiger partial charge in [-0.25, -0.2) is 14.6 Å². The van der Waals surface area contributed by atoms with Crippen LogP contribution in [0.25, 0.3) is 6.08 Å². The monoisotopic (exact) mass is 580 g/mol. The predicted octanol–water partition coefficient (Wildman–Crippen LogP) is 7.23. The quantitative estimate of drug-likeness (QED) is 0.178. The molecule has 39 heavy (non-hydrogen) atoms. The van der Waals surface area contributed by atoms with Crippen LogP contribution in [0.1, 0.15) is 22.3 Å². The molecule has 6 nitrogen and oxygen atoms in total. The third-order valence-corrected chi connectivity index (χ3v) is 6.84. The van der Waals surface area contributed by atoms with Gasteiger partial charge in [0.15, 0.2) is 0 Å². The van der Waals surface area contributed by atoms with E-state index >= 15 is 0 Å². The summed E-state index contributed by atoms with van der Waals surface area (Å²) in [6.07, 6.45) is 1.50. The molecular formula is C32H25BrN2O4. The van der Waals surface area contributed by atoms with Gasteiger partial charge >= 0.3 is 6.03 Å². The van der Waals surface area contributed by atoms with Crippen molar-refractivity contribution in [3.05, 3.63) is 129 Å². The van der Waals surface area contributed by atoms with Crippen molar-refractivity contribution in [2.75, 3.05) is 9.80 Å². The number of anilines is 2. The second-order valence-electron chi connectivity index (χ2n) is 9.27. The van der Waals surface area contributed by atoms with Crippen LogP contribution in [-0.2, 0) is 16.2 Å². The minimum atomic E-state index is -0.726. The van der Waals surface area contributed by atoms with Crippen molar-refractivity contribution in [1.82, 2.24) is 0 Å². The van der Waals surface area contributed by atoms with Crippen LogP contribution < -0.4 is 14.5 Å². The Hall–Kier alpha value is -4.49. The van der Waals surface area contributed by atoms with Crippen LogP contribution in [0.5, 0.6) is 5.75 Å². The van der Waals surface area contributed by atoms with E-state index in [1.54, 1.807) is 78.9 Å². The number of barbiturate groups is 1. The zero-order valence-corrected chi connectivity index (χ0v) is 23.0. The molecule has 1 saturated heterocycles. The highest BCUT2D eigenvalue weighted by atomic mass is 79.9. The highest BCUT2D eigenvalue weighted by Crippen LogP contribution is 2.32. The fourth-order valence-corrected chi connectivity index (χ4v) is 5.05. The van der Waals surface area contributed by atoms with E-state index in [-0.39, 0.29) is 5.57 Å². The number of halogens is 1. The first kappa shape index (κ1) is 26.1. The summed E-state index contributed by atoms with van der Waals surface area (Å²) in [6, 6.07) is 28.0. The number of aryl methyl sites for hydroxylation is 2. The zero-order chi connectivity index (χ0) is 27.5. The summed E-state index contributed by atoms with van der Waals surface area (Å²) < 4.78 is 6.70. The van der Waals surface area contributed by atoms with Gasteiger partial charge in [0.2, 0.25) is 0 Å². The van der Waals surface area contributed by atoms with E-state index in [4.69, 9.17) is 4.74 Å². The number of imide groups is 2. The molecule has 1 heterocycles. The SMILES string of the molecule is Cc1cc(C)cc(COc2ccc(C=C3C(=O)N(c4ccccc4)C(=O)N(c4ccccc4)C3=O)cc2Br)c1. The van der Waals surface area contributed by atoms with Crippen LogP contribution in [0.15, 0.2) is 107 Å². The number of para-hydroxylation sites is 2. The number of amides is 4. The van der Waals surface area contributed by atoms with Crippen LogP contribution in [0.2, 0.25) is 0 Å².